The van der Waals surface area contributed by atoms with Crippen LogP contribution in [0.4, 0.5) is 32.2 Å². The molecule has 2 fully saturated rings. The summed E-state index contributed by atoms with van der Waals surface area (Å²) in [6.45, 7) is 2.88. The van der Waals surface area contributed by atoms with Gasteiger partial charge in [-0.2, -0.15) is 26.3 Å². The Morgan fingerprint density at radius 1 is 1.28 bits per heavy atom. The van der Waals surface area contributed by atoms with Gasteiger partial charge in [0.05, 0.1) is 30.1 Å². The number of aromatic nitrogens is 1. The molecule has 39 heavy (non-hydrogen) atoms. The van der Waals surface area contributed by atoms with Gasteiger partial charge >= 0.3 is 12.4 Å². The molecule has 0 spiro atoms. The van der Waals surface area contributed by atoms with Gasteiger partial charge in [0, 0.05) is 56.3 Å². The number of halogens is 6. The van der Waals surface area contributed by atoms with Gasteiger partial charge in [-0.15, -0.1) is 11.8 Å². The number of ether oxygens (including phenoxy) is 1. The van der Waals surface area contributed by atoms with E-state index in [9.17, 15) is 35.9 Å². The highest BCUT2D eigenvalue weighted by molar-refractivity contribution is 7.99. The summed E-state index contributed by atoms with van der Waals surface area (Å²) in [6, 6.07) is -0.607. The van der Waals surface area contributed by atoms with Crippen LogP contribution in [-0.4, -0.2) is 91.1 Å². The third-order valence-corrected chi connectivity index (χ3v) is 7.93. The summed E-state index contributed by atoms with van der Waals surface area (Å²) in [5.41, 5.74) is 3.66. The summed E-state index contributed by atoms with van der Waals surface area (Å²) in [5, 5.41) is 2.77. The minimum atomic E-state index is -4.69. The van der Waals surface area contributed by atoms with Crippen LogP contribution in [0.25, 0.3) is 0 Å². The SMILES string of the molecule is C[C@@H](COCCC(=O)N1CCN2c3ncc(C(F)(F)F)cc3SCC[C@H]2C1)NC1CNNC(=O)C1C(F)(F)F. The molecule has 4 heterocycles. The number of carbonyl (C=O) groups excluding carboxylic acids is 2. The lowest BCUT2D eigenvalue weighted by Crippen LogP contribution is -2.64. The highest BCUT2D eigenvalue weighted by atomic mass is 32.2. The number of piperazine rings is 1. The van der Waals surface area contributed by atoms with E-state index in [0.29, 0.717) is 42.5 Å². The number of pyridine rings is 1. The van der Waals surface area contributed by atoms with Crippen molar-refractivity contribution in [3.63, 3.8) is 0 Å². The number of carbonyl (C=O) groups is 2. The van der Waals surface area contributed by atoms with E-state index in [2.05, 4.69) is 15.7 Å². The van der Waals surface area contributed by atoms with Crippen LogP contribution in [0, 0.1) is 5.92 Å². The van der Waals surface area contributed by atoms with Crippen LogP contribution in [0.1, 0.15) is 25.3 Å². The zero-order chi connectivity index (χ0) is 28.4. The highest BCUT2D eigenvalue weighted by Crippen LogP contribution is 2.39. The Morgan fingerprint density at radius 3 is 2.77 bits per heavy atom. The summed E-state index contributed by atoms with van der Waals surface area (Å²) in [6.07, 6.45) is -7.56. The molecule has 4 atom stereocenters. The van der Waals surface area contributed by atoms with Gasteiger partial charge in [0.15, 0.2) is 5.92 Å². The molecule has 1 aromatic rings. The molecule has 3 N–H and O–H groups in total. The normalized spacial score (nSPS) is 24.9. The first kappa shape index (κ1) is 29.7. The minimum absolute atomic E-state index is 0.0476. The second-order valence-electron chi connectivity index (χ2n) is 9.76. The number of hydrazine groups is 1. The summed E-state index contributed by atoms with van der Waals surface area (Å²) < 4.78 is 84.7. The number of anilines is 1. The van der Waals surface area contributed by atoms with E-state index in [0.717, 1.165) is 12.3 Å². The molecule has 0 saturated carbocycles. The summed E-state index contributed by atoms with van der Waals surface area (Å²) in [4.78, 5) is 32.7. The van der Waals surface area contributed by atoms with Crippen LogP contribution < -0.4 is 21.1 Å². The van der Waals surface area contributed by atoms with Crippen LogP contribution in [0.5, 0.6) is 0 Å². The van der Waals surface area contributed by atoms with Gasteiger partial charge in [0.25, 0.3) is 0 Å². The molecule has 1 aromatic heterocycles. The molecular formula is C23H30F6N6O3S. The summed E-state index contributed by atoms with van der Waals surface area (Å²) in [7, 11) is 0. The molecule has 0 radical (unpaired) electrons. The molecular weight excluding hydrogens is 554 g/mol. The first-order valence-electron chi connectivity index (χ1n) is 12.5. The fraction of sp³-hybridized carbons (Fsp3) is 0.696. The molecule has 2 unspecified atom stereocenters. The number of rotatable bonds is 7. The third kappa shape index (κ3) is 7.27. The Bertz CT molecular complexity index is 1040. The Labute approximate surface area is 225 Å². The first-order chi connectivity index (χ1) is 18.3. The number of alkyl halides is 6. The zero-order valence-corrected chi connectivity index (χ0v) is 21.9. The van der Waals surface area contributed by atoms with Crippen LogP contribution >= 0.6 is 11.8 Å². The van der Waals surface area contributed by atoms with Crippen LogP contribution in [0.15, 0.2) is 17.2 Å². The molecule has 4 rings (SSSR count). The average Bonchev–Trinajstić information content (AvgIpc) is 3.03. The Hall–Kier alpha value is -2.30. The summed E-state index contributed by atoms with van der Waals surface area (Å²) in [5.74, 6) is -2.37. The fourth-order valence-corrected chi connectivity index (χ4v) is 6.10. The number of hydrogen-bond acceptors (Lipinski definition) is 8. The molecule has 0 bridgehead atoms. The topological polar surface area (TPSA) is 98.8 Å². The molecule has 2 saturated heterocycles. The van der Waals surface area contributed by atoms with Crippen molar-refractivity contribution < 1.29 is 40.7 Å². The van der Waals surface area contributed by atoms with Gasteiger partial charge < -0.3 is 19.9 Å². The number of hydrogen-bond donors (Lipinski definition) is 3. The lowest BCUT2D eigenvalue weighted by Gasteiger charge is -2.41. The van der Waals surface area contributed by atoms with E-state index in [4.69, 9.17) is 4.74 Å². The van der Waals surface area contributed by atoms with Crippen molar-refractivity contribution in [1.29, 1.82) is 0 Å². The quantitative estimate of drug-likeness (QED) is 0.332. The van der Waals surface area contributed by atoms with E-state index in [-0.39, 0.29) is 38.1 Å². The van der Waals surface area contributed by atoms with Gasteiger partial charge in [0.2, 0.25) is 11.8 Å². The monoisotopic (exact) mass is 584 g/mol. The van der Waals surface area contributed by atoms with Crippen molar-refractivity contribution in [1.82, 2.24) is 26.1 Å². The molecule has 16 heteroatoms. The predicted molar refractivity (Wildman–Crippen MR) is 130 cm³/mol. The lowest BCUT2D eigenvalue weighted by molar-refractivity contribution is -0.193. The third-order valence-electron chi connectivity index (χ3n) is 6.87. The Kier molecular flexibility index (Phi) is 9.18. The van der Waals surface area contributed by atoms with E-state index in [1.807, 2.05) is 10.3 Å². The van der Waals surface area contributed by atoms with Crippen molar-refractivity contribution in [3.8, 4) is 0 Å². The lowest BCUT2D eigenvalue weighted by atomic mass is 9.96. The second-order valence-corrected chi connectivity index (χ2v) is 10.9. The van der Waals surface area contributed by atoms with Crippen molar-refractivity contribution >= 4 is 29.4 Å². The Morgan fingerprint density at radius 2 is 2.05 bits per heavy atom. The van der Waals surface area contributed by atoms with Gasteiger partial charge in [-0.3, -0.25) is 15.0 Å². The molecule has 218 valence electrons. The molecule has 0 aliphatic carbocycles. The van der Waals surface area contributed by atoms with Crippen LogP contribution in [0.3, 0.4) is 0 Å². The number of amides is 2. The molecule has 2 amide bonds. The standard InChI is InChI=1S/C23H30F6N6O3S/c1-13(32-16-10-31-33-21(37)19(16)23(27,28)29)12-38-6-2-18(36)34-4-5-35-15(11-34)3-7-39-17-8-14(22(24,25)26)9-30-20(17)35/h8-9,13,15-16,19,31-32H,2-7,10-12H2,1H3,(H,33,37)/t13-,15-,16?,19?/m0/s1. The van der Waals surface area contributed by atoms with Crippen molar-refractivity contribution in [2.75, 3.05) is 50.0 Å². The van der Waals surface area contributed by atoms with Gasteiger partial charge in [-0.05, 0) is 19.4 Å². The van der Waals surface area contributed by atoms with E-state index in [1.54, 1.807) is 11.8 Å². The van der Waals surface area contributed by atoms with E-state index >= 15 is 0 Å². The molecule has 3 aliphatic heterocycles. The summed E-state index contributed by atoms with van der Waals surface area (Å²) >= 11 is 1.33. The second kappa shape index (κ2) is 12.1. The van der Waals surface area contributed by atoms with Crippen LogP contribution in [-0.2, 0) is 20.5 Å². The van der Waals surface area contributed by atoms with Gasteiger partial charge in [0.1, 0.15) is 5.82 Å². The zero-order valence-electron chi connectivity index (χ0n) is 21.1. The Balaban J connectivity index is 1.23. The highest BCUT2D eigenvalue weighted by Gasteiger charge is 2.51. The van der Waals surface area contributed by atoms with Crippen LogP contribution in [0.2, 0.25) is 0 Å². The van der Waals surface area contributed by atoms with Crippen molar-refractivity contribution in [3.05, 3.63) is 17.8 Å². The predicted octanol–water partition coefficient (Wildman–Crippen LogP) is 2.18. The van der Waals surface area contributed by atoms with Crippen molar-refractivity contribution in [2.24, 2.45) is 5.92 Å². The first-order valence-corrected chi connectivity index (χ1v) is 13.5. The number of nitrogens with one attached hydrogen (secondary N) is 3. The number of thioether (sulfide) groups is 1. The molecule has 0 aromatic carbocycles. The smallest absolute Gasteiger partial charge is 0.379 e. The largest absolute Gasteiger partial charge is 0.417 e. The maximum absolute atomic E-state index is 13.3. The molecule has 9 nitrogen and oxygen atoms in total. The van der Waals surface area contributed by atoms with E-state index < -0.39 is 41.8 Å². The van der Waals surface area contributed by atoms with Gasteiger partial charge in [-0.25, -0.2) is 10.4 Å². The molecule has 3 aliphatic rings. The fourth-order valence-electron chi connectivity index (χ4n) is 4.98. The average molecular weight is 585 g/mol. The van der Waals surface area contributed by atoms with E-state index in [1.165, 1.54) is 11.8 Å². The van der Waals surface area contributed by atoms with Crippen molar-refractivity contribution in [2.45, 2.75) is 55.1 Å². The van der Waals surface area contributed by atoms with Gasteiger partial charge in [-0.1, -0.05) is 0 Å². The maximum atomic E-state index is 13.3. The number of nitrogens with zero attached hydrogens (tertiary/aromatic N) is 3. The number of fused-ring (bicyclic) bond motifs is 3. The maximum Gasteiger partial charge on any atom is 0.417 e. The minimum Gasteiger partial charge on any atom is -0.379 e.